The highest BCUT2D eigenvalue weighted by Crippen LogP contribution is 2.66. The molecule has 2 heteroatoms. The van der Waals surface area contributed by atoms with E-state index in [1.54, 1.807) is 11.1 Å². The summed E-state index contributed by atoms with van der Waals surface area (Å²) in [5, 5.41) is 0. The van der Waals surface area contributed by atoms with E-state index in [2.05, 4.69) is 32.9 Å². The number of alkyl halides is 2. The lowest BCUT2D eigenvalue weighted by atomic mass is 9.50. The molecule has 0 amide bonds. The van der Waals surface area contributed by atoms with Crippen LogP contribution in [-0.2, 0) is 0 Å². The zero-order valence-electron chi connectivity index (χ0n) is 19.4. The fourth-order valence-electron chi connectivity index (χ4n) is 8.31. The number of hydrogen-bond donors (Lipinski definition) is 0. The van der Waals surface area contributed by atoms with Crippen molar-refractivity contribution in [3.8, 4) is 0 Å². The Bertz CT molecular complexity index is 687. The SMILES string of the molecule is CC(C)CC(F)(F)C[C@@H](C)[C@H]1CC[C@H]2C3=CC=C4CCCC[C@]4(C)[C@H]3CC[C@]12C. The minimum absolute atomic E-state index is 0.0311. The van der Waals surface area contributed by atoms with E-state index in [0.29, 0.717) is 23.2 Å². The van der Waals surface area contributed by atoms with E-state index in [1.807, 2.05) is 13.8 Å². The monoisotopic (exact) mass is 404 g/mol. The first-order valence-electron chi connectivity index (χ1n) is 12.4. The van der Waals surface area contributed by atoms with Crippen LogP contribution in [0.15, 0.2) is 23.3 Å². The first-order chi connectivity index (χ1) is 13.6. The van der Waals surface area contributed by atoms with Gasteiger partial charge in [0.2, 0.25) is 5.92 Å². The van der Waals surface area contributed by atoms with Crippen molar-refractivity contribution in [1.29, 1.82) is 0 Å². The van der Waals surface area contributed by atoms with Crippen molar-refractivity contribution in [3.63, 3.8) is 0 Å². The van der Waals surface area contributed by atoms with E-state index in [-0.39, 0.29) is 30.1 Å². The van der Waals surface area contributed by atoms with E-state index in [9.17, 15) is 8.78 Å². The molecule has 0 spiro atoms. The van der Waals surface area contributed by atoms with Crippen LogP contribution in [0, 0.1) is 40.4 Å². The van der Waals surface area contributed by atoms with Gasteiger partial charge >= 0.3 is 0 Å². The van der Waals surface area contributed by atoms with Gasteiger partial charge in [-0.3, -0.25) is 0 Å². The highest BCUT2D eigenvalue weighted by atomic mass is 19.3. The summed E-state index contributed by atoms with van der Waals surface area (Å²) >= 11 is 0. The molecule has 4 rings (SSSR count). The van der Waals surface area contributed by atoms with Crippen LogP contribution in [0.25, 0.3) is 0 Å². The topological polar surface area (TPSA) is 0 Å². The molecule has 3 saturated carbocycles. The molecule has 6 atom stereocenters. The van der Waals surface area contributed by atoms with Crippen LogP contribution in [0.5, 0.6) is 0 Å². The molecule has 0 N–H and O–H groups in total. The number of halogens is 2. The van der Waals surface area contributed by atoms with Crippen LogP contribution >= 0.6 is 0 Å². The largest absolute Gasteiger partial charge is 0.248 e. The van der Waals surface area contributed by atoms with Gasteiger partial charge in [0.1, 0.15) is 0 Å². The van der Waals surface area contributed by atoms with Crippen molar-refractivity contribution in [2.24, 2.45) is 40.4 Å². The third-order valence-corrected chi connectivity index (χ3v) is 9.57. The Kier molecular flexibility index (Phi) is 5.57. The lowest BCUT2D eigenvalue weighted by Crippen LogP contribution is -2.45. The molecule has 0 bridgehead atoms. The van der Waals surface area contributed by atoms with Gasteiger partial charge in [-0.1, -0.05) is 64.3 Å². The molecule has 0 radical (unpaired) electrons. The Morgan fingerprint density at radius 1 is 0.966 bits per heavy atom. The average molecular weight is 405 g/mol. The van der Waals surface area contributed by atoms with Crippen molar-refractivity contribution in [1.82, 2.24) is 0 Å². The summed E-state index contributed by atoms with van der Waals surface area (Å²) in [6, 6.07) is 0. The Morgan fingerprint density at radius 2 is 1.72 bits per heavy atom. The van der Waals surface area contributed by atoms with Crippen LogP contribution in [0.2, 0.25) is 0 Å². The second-order valence-corrected chi connectivity index (χ2v) is 12.0. The summed E-state index contributed by atoms with van der Waals surface area (Å²) in [4.78, 5) is 0. The van der Waals surface area contributed by atoms with Crippen LogP contribution in [-0.4, -0.2) is 5.92 Å². The molecule has 0 aromatic rings. The highest BCUT2D eigenvalue weighted by Gasteiger charge is 2.57. The van der Waals surface area contributed by atoms with Crippen LogP contribution in [0.3, 0.4) is 0 Å². The zero-order chi connectivity index (χ0) is 21.0. The number of fused-ring (bicyclic) bond motifs is 5. The molecule has 0 heterocycles. The first kappa shape index (κ1) is 21.6. The number of hydrogen-bond acceptors (Lipinski definition) is 0. The molecule has 0 aliphatic heterocycles. The minimum atomic E-state index is -2.52. The van der Waals surface area contributed by atoms with Crippen molar-refractivity contribution < 1.29 is 8.78 Å². The van der Waals surface area contributed by atoms with Gasteiger partial charge in [-0.15, -0.1) is 0 Å². The summed E-state index contributed by atoms with van der Waals surface area (Å²) in [5.74, 6) is -0.588. The van der Waals surface area contributed by atoms with Crippen molar-refractivity contribution in [3.05, 3.63) is 23.3 Å². The normalized spacial score (nSPS) is 40.6. The maximum atomic E-state index is 14.6. The first-order valence-corrected chi connectivity index (χ1v) is 12.4. The third kappa shape index (κ3) is 3.65. The maximum absolute atomic E-state index is 14.6. The predicted octanol–water partition coefficient (Wildman–Crippen LogP) is 8.58. The van der Waals surface area contributed by atoms with Crippen LogP contribution in [0.1, 0.15) is 98.8 Å². The second-order valence-electron chi connectivity index (χ2n) is 12.0. The Labute approximate surface area is 177 Å². The molecule has 0 aromatic heterocycles. The maximum Gasteiger partial charge on any atom is 0.248 e. The van der Waals surface area contributed by atoms with Gasteiger partial charge in [-0.25, -0.2) is 8.78 Å². The molecule has 3 fully saturated rings. The molecule has 0 unspecified atom stereocenters. The number of allylic oxidation sites excluding steroid dienone is 4. The van der Waals surface area contributed by atoms with Crippen LogP contribution < -0.4 is 0 Å². The molecule has 164 valence electrons. The predicted molar refractivity (Wildman–Crippen MR) is 118 cm³/mol. The van der Waals surface area contributed by atoms with Crippen LogP contribution in [0.4, 0.5) is 8.78 Å². The lowest BCUT2D eigenvalue weighted by molar-refractivity contribution is -0.0566. The molecule has 4 aliphatic rings. The fourth-order valence-corrected chi connectivity index (χ4v) is 8.31. The van der Waals surface area contributed by atoms with E-state index in [4.69, 9.17) is 0 Å². The summed E-state index contributed by atoms with van der Waals surface area (Å²) in [7, 11) is 0. The molecule has 29 heavy (non-hydrogen) atoms. The van der Waals surface area contributed by atoms with Crippen molar-refractivity contribution >= 4 is 0 Å². The molecule has 4 aliphatic carbocycles. The Balaban J connectivity index is 1.55. The summed E-state index contributed by atoms with van der Waals surface area (Å²) in [5.41, 5.74) is 3.97. The third-order valence-electron chi connectivity index (χ3n) is 9.57. The summed E-state index contributed by atoms with van der Waals surface area (Å²) in [6.07, 6.45) is 15.2. The number of rotatable bonds is 5. The summed E-state index contributed by atoms with van der Waals surface area (Å²) in [6.45, 7) is 10.9. The second kappa shape index (κ2) is 7.49. The quantitative estimate of drug-likeness (QED) is 0.430. The van der Waals surface area contributed by atoms with E-state index >= 15 is 0 Å². The molecule has 0 saturated heterocycles. The molecular formula is C27H42F2. The van der Waals surface area contributed by atoms with E-state index in [1.165, 1.54) is 44.9 Å². The van der Waals surface area contributed by atoms with Gasteiger partial charge < -0.3 is 0 Å². The average Bonchev–Trinajstić information content (AvgIpc) is 2.97. The highest BCUT2D eigenvalue weighted by molar-refractivity contribution is 5.38. The van der Waals surface area contributed by atoms with Gasteiger partial charge in [-0.2, -0.15) is 0 Å². The lowest BCUT2D eigenvalue weighted by Gasteiger charge is -2.55. The minimum Gasteiger partial charge on any atom is -0.207 e. The van der Waals surface area contributed by atoms with Gasteiger partial charge in [0, 0.05) is 12.8 Å². The summed E-state index contributed by atoms with van der Waals surface area (Å²) < 4.78 is 29.2. The van der Waals surface area contributed by atoms with Crippen molar-refractivity contribution in [2.45, 2.75) is 105 Å². The molecule has 0 aromatic carbocycles. The van der Waals surface area contributed by atoms with Gasteiger partial charge in [-0.05, 0) is 85.4 Å². The molecular weight excluding hydrogens is 362 g/mol. The smallest absolute Gasteiger partial charge is 0.207 e. The van der Waals surface area contributed by atoms with Gasteiger partial charge in [0.15, 0.2) is 0 Å². The Hall–Kier alpha value is -0.660. The fraction of sp³-hybridized carbons (Fsp3) is 0.852. The van der Waals surface area contributed by atoms with E-state index in [0.717, 1.165) is 6.42 Å². The zero-order valence-corrected chi connectivity index (χ0v) is 19.4. The van der Waals surface area contributed by atoms with Gasteiger partial charge in [0.25, 0.3) is 0 Å². The standard InChI is InChI=1S/C27H42F2/c1-18(2)16-27(28,29)17-19(3)22-11-12-23-21-10-9-20-8-6-7-14-25(20,4)24(21)13-15-26(22,23)5/h9-10,18-19,22-24H,6-8,11-17H2,1-5H3/t19-,22-,23+,24+,25+,26-/m1/s1. The van der Waals surface area contributed by atoms with Gasteiger partial charge in [0.05, 0.1) is 0 Å². The molecule has 0 nitrogen and oxygen atoms in total. The Morgan fingerprint density at radius 3 is 2.45 bits per heavy atom. The van der Waals surface area contributed by atoms with E-state index < -0.39 is 5.92 Å². The van der Waals surface area contributed by atoms with Crippen molar-refractivity contribution in [2.75, 3.05) is 0 Å².